The van der Waals surface area contributed by atoms with Gasteiger partial charge in [0.1, 0.15) is 0 Å². The number of benzene rings is 1. The number of hydrogen-bond donors (Lipinski definition) is 0. The van der Waals surface area contributed by atoms with E-state index in [4.69, 9.17) is 0 Å². The fourth-order valence-corrected chi connectivity index (χ4v) is 3.67. The van der Waals surface area contributed by atoms with Gasteiger partial charge in [-0.15, -0.1) is 0 Å². The van der Waals surface area contributed by atoms with Gasteiger partial charge in [-0.1, -0.05) is 24.3 Å². The van der Waals surface area contributed by atoms with Gasteiger partial charge in [-0.05, 0) is 49.7 Å². The molecule has 2 heteroatoms. The highest BCUT2D eigenvalue weighted by Gasteiger charge is 2.42. The summed E-state index contributed by atoms with van der Waals surface area (Å²) in [6, 6.07) is 8.69. The Bertz CT molecular complexity index is 429. The van der Waals surface area contributed by atoms with Gasteiger partial charge in [-0.2, -0.15) is 0 Å². The highest BCUT2D eigenvalue weighted by molar-refractivity contribution is 5.52. The highest BCUT2D eigenvalue weighted by Crippen LogP contribution is 2.45. The molecule has 0 saturated carbocycles. The van der Waals surface area contributed by atoms with Gasteiger partial charge in [-0.25, -0.2) is 0 Å². The molecule has 1 amide bonds. The molecule has 0 bridgehead atoms. The first-order chi connectivity index (χ1) is 8.37. The van der Waals surface area contributed by atoms with Crippen molar-refractivity contribution in [2.45, 2.75) is 44.1 Å². The zero-order valence-electron chi connectivity index (χ0n) is 10.2. The molecule has 1 aromatic carbocycles. The zero-order chi connectivity index (χ0) is 11.7. The van der Waals surface area contributed by atoms with Gasteiger partial charge in [0.05, 0.1) is 5.54 Å². The van der Waals surface area contributed by atoms with Crippen LogP contribution in [0.5, 0.6) is 0 Å². The fraction of sp³-hybridized carbons (Fsp3) is 0.533. The molecular formula is C15H19NO. The zero-order valence-corrected chi connectivity index (χ0v) is 10.2. The largest absolute Gasteiger partial charge is 0.336 e. The molecule has 1 spiro atoms. The van der Waals surface area contributed by atoms with Crippen molar-refractivity contribution in [1.29, 1.82) is 0 Å². The molecular weight excluding hydrogens is 210 g/mol. The maximum atomic E-state index is 11.4. The van der Waals surface area contributed by atoms with Crippen LogP contribution in [0.4, 0.5) is 0 Å². The number of aryl methyl sites for hydroxylation is 1. The average molecular weight is 229 g/mol. The maximum absolute atomic E-state index is 11.4. The average Bonchev–Trinajstić information content (AvgIpc) is 2.40. The van der Waals surface area contributed by atoms with Crippen LogP contribution in [0.2, 0.25) is 0 Å². The Morgan fingerprint density at radius 1 is 1.12 bits per heavy atom. The van der Waals surface area contributed by atoms with Crippen LogP contribution < -0.4 is 0 Å². The third kappa shape index (κ3) is 1.58. The van der Waals surface area contributed by atoms with Crippen molar-refractivity contribution in [3.8, 4) is 0 Å². The maximum Gasteiger partial charge on any atom is 0.210 e. The predicted octanol–water partition coefficient (Wildman–Crippen LogP) is 2.86. The van der Waals surface area contributed by atoms with Crippen LogP contribution in [-0.4, -0.2) is 17.9 Å². The van der Waals surface area contributed by atoms with E-state index in [1.807, 2.05) is 0 Å². The summed E-state index contributed by atoms with van der Waals surface area (Å²) in [5.74, 6) is 0. The molecule has 1 fully saturated rings. The van der Waals surface area contributed by atoms with E-state index < -0.39 is 0 Å². The molecule has 1 aliphatic carbocycles. The van der Waals surface area contributed by atoms with Crippen molar-refractivity contribution < 1.29 is 4.79 Å². The third-order valence-corrected chi connectivity index (χ3v) is 4.47. The Morgan fingerprint density at radius 3 is 2.82 bits per heavy atom. The Kier molecular flexibility index (Phi) is 2.65. The standard InChI is InChI=1S/C15H19NO/c17-12-16-11-4-3-9-15(16)10-5-7-13-6-1-2-8-14(13)15/h1-2,6,8,12H,3-5,7,9-11H2/t15-/m0/s1. The molecule has 0 aromatic heterocycles. The first-order valence-electron chi connectivity index (χ1n) is 6.67. The van der Waals surface area contributed by atoms with Crippen molar-refractivity contribution in [3.63, 3.8) is 0 Å². The van der Waals surface area contributed by atoms with Gasteiger partial charge in [0.2, 0.25) is 6.41 Å². The van der Waals surface area contributed by atoms with Gasteiger partial charge in [0.25, 0.3) is 0 Å². The highest BCUT2D eigenvalue weighted by atomic mass is 16.1. The van der Waals surface area contributed by atoms with Crippen LogP contribution >= 0.6 is 0 Å². The lowest BCUT2D eigenvalue weighted by Crippen LogP contribution is -2.50. The van der Waals surface area contributed by atoms with Crippen molar-refractivity contribution in [3.05, 3.63) is 35.4 Å². The molecule has 3 rings (SSSR count). The molecule has 1 saturated heterocycles. The molecule has 2 aliphatic rings. The molecule has 1 atom stereocenters. The van der Waals surface area contributed by atoms with Crippen LogP contribution in [0.25, 0.3) is 0 Å². The summed E-state index contributed by atoms with van der Waals surface area (Å²) >= 11 is 0. The second-order valence-corrected chi connectivity index (χ2v) is 5.30. The SMILES string of the molecule is O=CN1CCCC[C@@]12CCCc1ccccc12. The summed E-state index contributed by atoms with van der Waals surface area (Å²) in [5.41, 5.74) is 2.89. The lowest BCUT2D eigenvalue weighted by Gasteiger charge is -2.49. The topological polar surface area (TPSA) is 20.3 Å². The minimum Gasteiger partial charge on any atom is -0.336 e. The molecule has 0 unspecified atom stereocenters. The third-order valence-electron chi connectivity index (χ3n) is 4.47. The lowest BCUT2D eigenvalue weighted by atomic mass is 9.71. The predicted molar refractivity (Wildman–Crippen MR) is 67.7 cm³/mol. The number of rotatable bonds is 1. The van der Waals surface area contributed by atoms with Crippen molar-refractivity contribution in [1.82, 2.24) is 4.90 Å². The van der Waals surface area contributed by atoms with Gasteiger partial charge in [-0.3, -0.25) is 4.79 Å². The van der Waals surface area contributed by atoms with E-state index in [1.165, 1.54) is 30.4 Å². The summed E-state index contributed by atoms with van der Waals surface area (Å²) in [4.78, 5) is 13.4. The molecule has 0 N–H and O–H groups in total. The molecule has 90 valence electrons. The summed E-state index contributed by atoms with van der Waals surface area (Å²) in [5, 5.41) is 0. The number of piperidine rings is 1. The summed E-state index contributed by atoms with van der Waals surface area (Å²) in [6.07, 6.45) is 8.14. The molecule has 0 radical (unpaired) electrons. The van der Waals surface area contributed by atoms with Gasteiger partial charge >= 0.3 is 0 Å². The normalized spacial score (nSPS) is 27.9. The number of fused-ring (bicyclic) bond motifs is 2. The minimum atomic E-state index is 0.0227. The van der Waals surface area contributed by atoms with E-state index in [0.717, 1.165) is 32.2 Å². The second-order valence-electron chi connectivity index (χ2n) is 5.30. The van der Waals surface area contributed by atoms with E-state index in [2.05, 4.69) is 29.2 Å². The molecule has 2 nitrogen and oxygen atoms in total. The van der Waals surface area contributed by atoms with Crippen LogP contribution in [0, 0.1) is 0 Å². The number of likely N-dealkylation sites (tertiary alicyclic amines) is 1. The number of hydrogen-bond acceptors (Lipinski definition) is 1. The minimum absolute atomic E-state index is 0.0227. The van der Waals surface area contributed by atoms with Crippen LogP contribution in [0.15, 0.2) is 24.3 Å². The first-order valence-corrected chi connectivity index (χ1v) is 6.67. The molecule has 1 aliphatic heterocycles. The Balaban J connectivity index is 2.10. The Hall–Kier alpha value is -1.31. The monoisotopic (exact) mass is 229 g/mol. The van der Waals surface area contributed by atoms with Crippen molar-refractivity contribution in [2.75, 3.05) is 6.54 Å². The van der Waals surface area contributed by atoms with E-state index in [0.29, 0.717) is 0 Å². The van der Waals surface area contributed by atoms with Crippen molar-refractivity contribution in [2.24, 2.45) is 0 Å². The number of carbonyl (C=O) groups is 1. The summed E-state index contributed by atoms with van der Waals surface area (Å²) in [6.45, 7) is 0.928. The van der Waals surface area contributed by atoms with E-state index in [1.54, 1.807) is 0 Å². The van der Waals surface area contributed by atoms with Gasteiger partial charge in [0, 0.05) is 6.54 Å². The van der Waals surface area contributed by atoms with Crippen LogP contribution in [-0.2, 0) is 16.8 Å². The Morgan fingerprint density at radius 2 is 1.94 bits per heavy atom. The van der Waals surface area contributed by atoms with Crippen LogP contribution in [0.3, 0.4) is 0 Å². The second kappa shape index (κ2) is 4.17. The van der Waals surface area contributed by atoms with Gasteiger partial charge in [0.15, 0.2) is 0 Å². The number of carbonyl (C=O) groups excluding carboxylic acids is 1. The Labute approximate surface area is 103 Å². The molecule has 1 heterocycles. The van der Waals surface area contributed by atoms with E-state index >= 15 is 0 Å². The van der Waals surface area contributed by atoms with Crippen LogP contribution in [0.1, 0.15) is 43.2 Å². The number of nitrogens with zero attached hydrogens (tertiary/aromatic N) is 1. The smallest absolute Gasteiger partial charge is 0.210 e. The van der Waals surface area contributed by atoms with Gasteiger partial charge < -0.3 is 4.90 Å². The lowest BCUT2D eigenvalue weighted by molar-refractivity contribution is -0.127. The summed E-state index contributed by atoms with van der Waals surface area (Å²) < 4.78 is 0. The summed E-state index contributed by atoms with van der Waals surface area (Å²) in [7, 11) is 0. The number of amides is 1. The quantitative estimate of drug-likeness (QED) is 0.678. The first kappa shape index (κ1) is 10.8. The van der Waals surface area contributed by atoms with E-state index in [9.17, 15) is 4.79 Å². The van der Waals surface area contributed by atoms with Crippen molar-refractivity contribution >= 4 is 6.41 Å². The fourth-order valence-electron chi connectivity index (χ4n) is 3.67. The molecule has 1 aromatic rings. The molecule has 17 heavy (non-hydrogen) atoms. The van der Waals surface area contributed by atoms with E-state index in [-0.39, 0.29) is 5.54 Å².